The molecule has 3 rings (SSSR count). The van der Waals surface area contributed by atoms with Gasteiger partial charge in [0.05, 0.1) is 0 Å². The van der Waals surface area contributed by atoms with Gasteiger partial charge in [-0.05, 0) is 48.1 Å². The SMILES string of the molecule is CC1(C2CC2)Cc2ccccc2C1. The van der Waals surface area contributed by atoms with Crippen molar-refractivity contribution in [3.8, 4) is 0 Å². The third kappa shape index (κ3) is 1.12. The average Bonchev–Trinajstić information content (AvgIpc) is 2.88. The highest BCUT2D eigenvalue weighted by atomic mass is 14.5. The van der Waals surface area contributed by atoms with E-state index in [1.807, 2.05) is 0 Å². The lowest BCUT2D eigenvalue weighted by molar-refractivity contribution is 0.291. The van der Waals surface area contributed by atoms with Gasteiger partial charge in [0.2, 0.25) is 0 Å². The molecule has 0 radical (unpaired) electrons. The van der Waals surface area contributed by atoms with Crippen LogP contribution in [0.25, 0.3) is 0 Å². The standard InChI is InChI=1S/C13H16/c1-13(12-6-7-12)8-10-4-2-3-5-11(10)9-13/h2-5,12H,6-9H2,1H3. The number of hydrogen-bond donors (Lipinski definition) is 0. The van der Waals surface area contributed by atoms with Gasteiger partial charge in [0.25, 0.3) is 0 Å². The first kappa shape index (κ1) is 7.61. The average molecular weight is 172 g/mol. The Morgan fingerprint density at radius 3 is 2.08 bits per heavy atom. The first-order chi connectivity index (χ1) is 6.28. The van der Waals surface area contributed by atoms with Crippen LogP contribution in [-0.4, -0.2) is 0 Å². The molecule has 0 heterocycles. The van der Waals surface area contributed by atoms with Crippen LogP contribution in [0.15, 0.2) is 24.3 Å². The molecule has 1 saturated carbocycles. The van der Waals surface area contributed by atoms with Crippen molar-refractivity contribution < 1.29 is 0 Å². The van der Waals surface area contributed by atoms with Crippen LogP contribution < -0.4 is 0 Å². The number of hydrogen-bond acceptors (Lipinski definition) is 0. The fraction of sp³-hybridized carbons (Fsp3) is 0.538. The molecular formula is C13H16. The Morgan fingerprint density at radius 1 is 1.08 bits per heavy atom. The smallest absolute Gasteiger partial charge is 0.0216 e. The zero-order valence-electron chi connectivity index (χ0n) is 8.22. The highest BCUT2D eigenvalue weighted by Gasteiger charge is 2.44. The number of benzene rings is 1. The van der Waals surface area contributed by atoms with Gasteiger partial charge >= 0.3 is 0 Å². The zero-order valence-corrected chi connectivity index (χ0v) is 8.22. The molecule has 0 aliphatic heterocycles. The first-order valence-corrected chi connectivity index (χ1v) is 5.35. The van der Waals surface area contributed by atoms with Crippen molar-refractivity contribution in [1.29, 1.82) is 0 Å². The monoisotopic (exact) mass is 172 g/mol. The van der Waals surface area contributed by atoms with E-state index >= 15 is 0 Å². The molecule has 1 aromatic rings. The zero-order chi connectivity index (χ0) is 8.89. The Balaban J connectivity index is 1.96. The van der Waals surface area contributed by atoms with Gasteiger partial charge in [-0.3, -0.25) is 0 Å². The van der Waals surface area contributed by atoms with Crippen LogP contribution >= 0.6 is 0 Å². The van der Waals surface area contributed by atoms with Gasteiger partial charge in [-0.1, -0.05) is 31.2 Å². The molecule has 0 N–H and O–H groups in total. The molecule has 1 aromatic carbocycles. The quantitative estimate of drug-likeness (QED) is 0.610. The summed E-state index contributed by atoms with van der Waals surface area (Å²) in [5.41, 5.74) is 3.83. The molecule has 0 amide bonds. The van der Waals surface area contributed by atoms with E-state index in [-0.39, 0.29) is 0 Å². The minimum absolute atomic E-state index is 0.615. The second-order valence-corrected chi connectivity index (χ2v) is 5.05. The van der Waals surface area contributed by atoms with Crippen molar-refractivity contribution in [3.05, 3.63) is 35.4 Å². The summed E-state index contributed by atoms with van der Waals surface area (Å²) < 4.78 is 0. The van der Waals surface area contributed by atoms with Crippen LogP contribution in [0.4, 0.5) is 0 Å². The lowest BCUT2D eigenvalue weighted by atomic mass is 9.82. The van der Waals surface area contributed by atoms with E-state index in [0.29, 0.717) is 5.41 Å². The fourth-order valence-corrected chi connectivity index (χ4v) is 2.90. The van der Waals surface area contributed by atoms with Crippen LogP contribution in [0, 0.1) is 11.3 Å². The first-order valence-electron chi connectivity index (χ1n) is 5.35. The van der Waals surface area contributed by atoms with Crippen LogP contribution in [0.5, 0.6) is 0 Å². The highest BCUT2D eigenvalue weighted by molar-refractivity contribution is 5.34. The maximum atomic E-state index is 2.48. The van der Waals surface area contributed by atoms with E-state index < -0.39 is 0 Å². The summed E-state index contributed by atoms with van der Waals surface area (Å²) in [6.07, 6.45) is 5.61. The molecule has 0 saturated heterocycles. The van der Waals surface area contributed by atoms with Crippen molar-refractivity contribution >= 4 is 0 Å². The molecule has 0 bridgehead atoms. The van der Waals surface area contributed by atoms with Crippen molar-refractivity contribution in [2.45, 2.75) is 32.6 Å². The molecule has 2 aliphatic rings. The Morgan fingerprint density at radius 2 is 1.62 bits per heavy atom. The van der Waals surface area contributed by atoms with Gasteiger partial charge < -0.3 is 0 Å². The molecular weight excluding hydrogens is 156 g/mol. The molecule has 0 spiro atoms. The number of rotatable bonds is 1. The predicted octanol–water partition coefficient (Wildman–Crippen LogP) is 3.20. The molecule has 0 heteroatoms. The summed E-state index contributed by atoms with van der Waals surface area (Å²) >= 11 is 0. The summed E-state index contributed by atoms with van der Waals surface area (Å²) in [7, 11) is 0. The summed E-state index contributed by atoms with van der Waals surface area (Å²) in [6.45, 7) is 2.48. The summed E-state index contributed by atoms with van der Waals surface area (Å²) in [6, 6.07) is 8.97. The van der Waals surface area contributed by atoms with E-state index in [4.69, 9.17) is 0 Å². The topological polar surface area (TPSA) is 0 Å². The predicted molar refractivity (Wildman–Crippen MR) is 54.7 cm³/mol. The summed E-state index contributed by atoms with van der Waals surface area (Å²) in [4.78, 5) is 0. The minimum Gasteiger partial charge on any atom is -0.0620 e. The van der Waals surface area contributed by atoms with E-state index in [1.54, 1.807) is 11.1 Å². The van der Waals surface area contributed by atoms with E-state index in [1.165, 1.54) is 25.7 Å². The van der Waals surface area contributed by atoms with E-state index in [2.05, 4.69) is 31.2 Å². The highest BCUT2D eigenvalue weighted by Crippen LogP contribution is 2.52. The maximum absolute atomic E-state index is 2.48. The van der Waals surface area contributed by atoms with E-state index in [9.17, 15) is 0 Å². The normalized spacial score (nSPS) is 24.4. The van der Waals surface area contributed by atoms with Gasteiger partial charge in [0, 0.05) is 0 Å². The summed E-state index contributed by atoms with van der Waals surface area (Å²) in [5, 5.41) is 0. The van der Waals surface area contributed by atoms with Gasteiger partial charge in [-0.2, -0.15) is 0 Å². The Labute approximate surface area is 80.0 Å². The van der Waals surface area contributed by atoms with Crippen molar-refractivity contribution in [2.75, 3.05) is 0 Å². The van der Waals surface area contributed by atoms with Crippen molar-refractivity contribution in [3.63, 3.8) is 0 Å². The van der Waals surface area contributed by atoms with Crippen molar-refractivity contribution in [2.24, 2.45) is 11.3 Å². The number of fused-ring (bicyclic) bond motifs is 1. The lowest BCUT2D eigenvalue weighted by Crippen LogP contribution is -2.18. The second kappa shape index (κ2) is 2.37. The maximum Gasteiger partial charge on any atom is -0.0216 e. The molecule has 68 valence electrons. The molecule has 1 fully saturated rings. The minimum atomic E-state index is 0.615. The van der Waals surface area contributed by atoms with Gasteiger partial charge in [-0.25, -0.2) is 0 Å². The molecule has 0 aromatic heterocycles. The summed E-state index contributed by atoms with van der Waals surface area (Å²) in [5.74, 6) is 1.03. The van der Waals surface area contributed by atoms with Gasteiger partial charge in [0.15, 0.2) is 0 Å². The van der Waals surface area contributed by atoms with Crippen LogP contribution in [0.2, 0.25) is 0 Å². The van der Waals surface area contributed by atoms with Crippen LogP contribution in [0.1, 0.15) is 30.9 Å². The van der Waals surface area contributed by atoms with Crippen LogP contribution in [0.3, 0.4) is 0 Å². The molecule has 0 atom stereocenters. The van der Waals surface area contributed by atoms with Gasteiger partial charge in [0.1, 0.15) is 0 Å². The van der Waals surface area contributed by atoms with Gasteiger partial charge in [-0.15, -0.1) is 0 Å². The molecule has 13 heavy (non-hydrogen) atoms. The molecule has 0 unspecified atom stereocenters. The largest absolute Gasteiger partial charge is 0.0620 e. The third-order valence-electron chi connectivity index (χ3n) is 3.87. The Hall–Kier alpha value is -0.780. The molecule has 2 aliphatic carbocycles. The van der Waals surface area contributed by atoms with Crippen molar-refractivity contribution in [1.82, 2.24) is 0 Å². The van der Waals surface area contributed by atoms with Crippen LogP contribution in [-0.2, 0) is 12.8 Å². The Kier molecular flexibility index (Phi) is 1.39. The third-order valence-corrected chi connectivity index (χ3v) is 3.87. The molecule has 0 nitrogen and oxygen atoms in total. The lowest BCUT2D eigenvalue weighted by Gasteiger charge is -2.22. The second-order valence-electron chi connectivity index (χ2n) is 5.05. The fourth-order valence-electron chi connectivity index (χ4n) is 2.90. The Bertz CT molecular complexity index is 309. The van der Waals surface area contributed by atoms with E-state index in [0.717, 1.165) is 5.92 Å².